The maximum absolute atomic E-state index is 12.1. The summed E-state index contributed by atoms with van der Waals surface area (Å²) in [6, 6.07) is 8.07. The first-order valence-electron chi connectivity index (χ1n) is 6.02. The molecule has 0 aliphatic heterocycles. The van der Waals surface area contributed by atoms with Crippen LogP contribution in [0, 0.1) is 6.92 Å². The van der Waals surface area contributed by atoms with Crippen molar-refractivity contribution in [3.05, 3.63) is 58.4 Å². The Balaban J connectivity index is 2.26. The standard InChI is InChI=1S/C14H13ClN4O2/c1-8-2-3-10(7-17-8)14(20)18-12-6-9(13(16)19-21)4-5-11(12)15/h2-7,21H,1H3,(H2,16,19)(H,18,20). The number of amidine groups is 1. The molecule has 108 valence electrons. The molecule has 1 aromatic carbocycles. The lowest BCUT2D eigenvalue weighted by Gasteiger charge is -2.09. The number of hydrogen-bond acceptors (Lipinski definition) is 4. The second-order valence-corrected chi connectivity index (χ2v) is 4.73. The van der Waals surface area contributed by atoms with Crippen molar-refractivity contribution < 1.29 is 10.0 Å². The van der Waals surface area contributed by atoms with E-state index in [1.165, 1.54) is 12.3 Å². The van der Waals surface area contributed by atoms with Crippen LogP contribution in [0.3, 0.4) is 0 Å². The van der Waals surface area contributed by atoms with Crippen molar-refractivity contribution in [2.75, 3.05) is 5.32 Å². The molecule has 0 bridgehead atoms. The minimum absolute atomic E-state index is 0.0702. The molecule has 0 spiro atoms. The molecule has 1 aromatic heterocycles. The van der Waals surface area contributed by atoms with Gasteiger partial charge in [-0.3, -0.25) is 9.78 Å². The molecule has 4 N–H and O–H groups in total. The minimum Gasteiger partial charge on any atom is -0.409 e. The molecule has 2 aromatic rings. The minimum atomic E-state index is -0.346. The van der Waals surface area contributed by atoms with E-state index in [1.54, 1.807) is 24.3 Å². The van der Waals surface area contributed by atoms with Gasteiger partial charge in [-0.2, -0.15) is 0 Å². The van der Waals surface area contributed by atoms with Gasteiger partial charge in [0.05, 0.1) is 16.3 Å². The average molecular weight is 305 g/mol. The van der Waals surface area contributed by atoms with Crippen LogP contribution in [0.5, 0.6) is 0 Å². The Hall–Kier alpha value is -2.60. The van der Waals surface area contributed by atoms with Crippen molar-refractivity contribution in [1.82, 2.24) is 4.98 Å². The first-order chi connectivity index (χ1) is 10.0. The monoisotopic (exact) mass is 304 g/mol. The molecule has 0 atom stereocenters. The highest BCUT2D eigenvalue weighted by Gasteiger charge is 2.10. The maximum atomic E-state index is 12.1. The lowest BCUT2D eigenvalue weighted by Crippen LogP contribution is -2.16. The molecule has 21 heavy (non-hydrogen) atoms. The van der Waals surface area contributed by atoms with Crippen LogP contribution in [0.2, 0.25) is 5.02 Å². The summed E-state index contributed by atoms with van der Waals surface area (Å²) in [5, 5.41) is 14.6. The molecule has 0 radical (unpaired) electrons. The van der Waals surface area contributed by atoms with Gasteiger partial charge in [-0.05, 0) is 37.3 Å². The van der Waals surface area contributed by atoms with E-state index in [-0.39, 0.29) is 11.7 Å². The molecule has 2 rings (SSSR count). The number of anilines is 1. The number of carbonyl (C=O) groups excluding carboxylic acids is 1. The lowest BCUT2D eigenvalue weighted by atomic mass is 10.1. The van der Waals surface area contributed by atoms with Gasteiger partial charge < -0.3 is 16.3 Å². The molecule has 6 nitrogen and oxygen atoms in total. The van der Waals surface area contributed by atoms with E-state index in [0.717, 1.165) is 5.69 Å². The number of aryl methyl sites for hydroxylation is 1. The summed E-state index contributed by atoms with van der Waals surface area (Å²) in [5.74, 6) is -0.416. The van der Waals surface area contributed by atoms with E-state index >= 15 is 0 Å². The van der Waals surface area contributed by atoms with Gasteiger partial charge in [0.1, 0.15) is 0 Å². The summed E-state index contributed by atoms with van der Waals surface area (Å²) >= 11 is 6.03. The number of pyridine rings is 1. The molecular weight excluding hydrogens is 292 g/mol. The van der Waals surface area contributed by atoms with Gasteiger partial charge in [-0.15, -0.1) is 0 Å². The number of aromatic nitrogens is 1. The molecule has 1 heterocycles. The zero-order valence-corrected chi connectivity index (χ0v) is 11.9. The third kappa shape index (κ3) is 3.49. The molecule has 0 saturated heterocycles. The highest BCUT2D eigenvalue weighted by atomic mass is 35.5. The van der Waals surface area contributed by atoms with Crippen molar-refractivity contribution in [2.45, 2.75) is 6.92 Å². The highest BCUT2D eigenvalue weighted by molar-refractivity contribution is 6.34. The van der Waals surface area contributed by atoms with E-state index in [0.29, 0.717) is 21.8 Å². The fourth-order valence-electron chi connectivity index (χ4n) is 1.63. The number of rotatable bonds is 3. The molecule has 0 aliphatic carbocycles. The number of amides is 1. The van der Waals surface area contributed by atoms with Crippen LogP contribution in [0.4, 0.5) is 5.69 Å². The number of nitrogens with one attached hydrogen (secondary N) is 1. The fraction of sp³-hybridized carbons (Fsp3) is 0.0714. The zero-order valence-electron chi connectivity index (χ0n) is 11.2. The van der Waals surface area contributed by atoms with Crippen LogP contribution in [-0.2, 0) is 0 Å². The van der Waals surface area contributed by atoms with Crippen LogP contribution in [0.1, 0.15) is 21.6 Å². The van der Waals surface area contributed by atoms with E-state index in [1.807, 2.05) is 6.92 Å². The fourth-order valence-corrected chi connectivity index (χ4v) is 1.80. The number of benzene rings is 1. The Morgan fingerprint density at radius 3 is 2.67 bits per heavy atom. The van der Waals surface area contributed by atoms with Gasteiger partial charge in [0.15, 0.2) is 5.84 Å². The summed E-state index contributed by atoms with van der Waals surface area (Å²) in [7, 11) is 0. The second-order valence-electron chi connectivity index (χ2n) is 4.32. The van der Waals surface area contributed by atoms with Crippen molar-refractivity contribution in [2.24, 2.45) is 10.9 Å². The van der Waals surface area contributed by atoms with Crippen molar-refractivity contribution in [3.8, 4) is 0 Å². The van der Waals surface area contributed by atoms with Crippen LogP contribution in [0.25, 0.3) is 0 Å². The molecular formula is C14H13ClN4O2. The van der Waals surface area contributed by atoms with Gasteiger partial charge in [-0.1, -0.05) is 16.8 Å². The number of nitrogens with zero attached hydrogens (tertiary/aromatic N) is 2. The highest BCUT2D eigenvalue weighted by Crippen LogP contribution is 2.23. The summed E-state index contributed by atoms with van der Waals surface area (Å²) in [4.78, 5) is 16.2. The molecule has 0 saturated carbocycles. The van der Waals surface area contributed by atoms with Crippen molar-refractivity contribution in [3.63, 3.8) is 0 Å². The topological polar surface area (TPSA) is 101 Å². The Morgan fingerprint density at radius 1 is 1.33 bits per heavy atom. The number of nitrogens with two attached hydrogens (primary N) is 1. The Labute approximate surface area is 126 Å². The second kappa shape index (κ2) is 6.23. The van der Waals surface area contributed by atoms with Crippen LogP contribution < -0.4 is 11.1 Å². The van der Waals surface area contributed by atoms with Gasteiger partial charge in [0.2, 0.25) is 0 Å². The molecule has 0 aliphatic rings. The van der Waals surface area contributed by atoms with Crippen LogP contribution in [-0.4, -0.2) is 21.9 Å². The number of halogens is 1. The summed E-state index contributed by atoms with van der Waals surface area (Å²) in [6.07, 6.45) is 1.48. The van der Waals surface area contributed by atoms with E-state index < -0.39 is 0 Å². The van der Waals surface area contributed by atoms with Gasteiger partial charge in [0.25, 0.3) is 5.91 Å². The maximum Gasteiger partial charge on any atom is 0.257 e. The molecule has 0 unspecified atom stereocenters. The smallest absolute Gasteiger partial charge is 0.257 e. The average Bonchev–Trinajstić information content (AvgIpc) is 2.49. The van der Waals surface area contributed by atoms with Gasteiger partial charge in [-0.25, -0.2) is 0 Å². The van der Waals surface area contributed by atoms with Crippen molar-refractivity contribution in [1.29, 1.82) is 0 Å². The first kappa shape index (κ1) is 14.8. The van der Waals surface area contributed by atoms with Gasteiger partial charge >= 0.3 is 0 Å². The first-order valence-corrected chi connectivity index (χ1v) is 6.40. The predicted octanol–water partition coefficient (Wildman–Crippen LogP) is 2.39. The quantitative estimate of drug-likeness (QED) is 0.351. The summed E-state index contributed by atoms with van der Waals surface area (Å²) < 4.78 is 0. The summed E-state index contributed by atoms with van der Waals surface area (Å²) in [6.45, 7) is 1.83. The van der Waals surface area contributed by atoms with Crippen LogP contribution >= 0.6 is 11.6 Å². The van der Waals surface area contributed by atoms with E-state index in [9.17, 15) is 4.79 Å². The summed E-state index contributed by atoms with van der Waals surface area (Å²) in [5.41, 5.74) is 7.54. The lowest BCUT2D eigenvalue weighted by molar-refractivity contribution is 0.102. The molecule has 0 fully saturated rings. The normalized spacial score (nSPS) is 11.2. The largest absolute Gasteiger partial charge is 0.409 e. The number of carbonyl (C=O) groups is 1. The third-order valence-corrected chi connectivity index (χ3v) is 3.12. The SMILES string of the molecule is Cc1ccc(C(=O)Nc2cc(/C(N)=N/O)ccc2Cl)cn1. The van der Waals surface area contributed by atoms with E-state index in [4.69, 9.17) is 22.5 Å². The predicted molar refractivity (Wildman–Crippen MR) is 80.9 cm³/mol. The Morgan fingerprint density at radius 2 is 2.05 bits per heavy atom. The third-order valence-electron chi connectivity index (χ3n) is 2.79. The Bertz CT molecular complexity index is 699. The molecule has 7 heteroatoms. The number of hydrogen-bond donors (Lipinski definition) is 3. The Kier molecular flexibility index (Phi) is 4.39. The van der Waals surface area contributed by atoms with Gasteiger partial charge in [0, 0.05) is 17.5 Å². The zero-order chi connectivity index (χ0) is 15.4. The van der Waals surface area contributed by atoms with Crippen molar-refractivity contribution >= 4 is 29.0 Å². The number of oxime groups is 1. The van der Waals surface area contributed by atoms with Crippen LogP contribution in [0.15, 0.2) is 41.7 Å². The van der Waals surface area contributed by atoms with E-state index in [2.05, 4.69) is 15.5 Å². The molecule has 1 amide bonds.